The first-order chi connectivity index (χ1) is 7.15. The van der Waals surface area contributed by atoms with Crippen LogP contribution in [0.25, 0.3) is 0 Å². The van der Waals surface area contributed by atoms with E-state index in [1.165, 1.54) is 11.3 Å². The number of methoxy groups -OCH3 is 1. The standard InChI is InChI=1S/C10H14ClNO2S/c1-14-6-2-3-7(12)10(13)8-4-5-9(11)15-8/h4-5,7H,2-3,6,12H2,1H3. The van der Waals surface area contributed by atoms with Crippen LogP contribution in [0, 0.1) is 0 Å². The van der Waals surface area contributed by atoms with Gasteiger partial charge in [-0.1, -0.05) is 11.6 Å². The van der Waals surface area contributed by atoms with Gasteiger partial charge in [0.25, 0.3) is 0 Å². The van der Waals surface area contributed by atoms with Gasteiger partial charge in [0.15, 0.2) is 5.78 Å². The Hall–Kier alpha value is -0.420. The monoisotopic (exact) mass is 247 g/mol. The average molecular weight is 248 g/mol. The molecule has 1 aromatic rings. The number of ether oxygens (including phenoxy) is 1. The van der Waals surface area contributed by atoms with E-state index < -0.39 is 6.04 Å². The minimum absolute atomic E-state index is 0.0389. The summed E-state index contributed by atoms with van der Waals surface area (Å²) in [6.07, 6.45) is 1.44. The molecule has 0 saturated heterocycles. The van der Waals surface area contributed by atoms with Crippen molar-refractivity contribution in [2.45, 2.75) is 18.9 Å². The van der Waals surface area contributed by atoms with Gasteiger partial charge in [0.1, 0.15) is 0 Å². The molecule has 0 aromatic carbocycles. The van der Waals surface area contributed by atoms with E-state index in [1.54, 1.807) is 19.2 Å². The van der Waals surface area contributed by atoms with E-state index in [0.29, 0.717) is 22.2 Å². The molecule has 5 heteroatoms. The van der Waals surface area contributed by atoms with Gasteiger partial charge >= 0.3 is 0 Å². The zero-order valence-corrected chi connectivity index (χ0v) is 10.1. The summed E-state index contributed by atoms with van der Waals surface area (Å²) >= 11 is 7.01. The molecule has 0 fully saturated rings. The second-order valence-electron chi connectivity index (χ2n) is 3.21. The van der Waals surface area contributed by atoms with Gasteiger partial charge in [-0.05, 0) is 25.0 Å². The summed E-state index contributed by atoms with van der Waals surface area (Å²) in [6.45, 7) is 0.631. The van der Waals surface area contributed by atoms with Crippen LogP contribution in [0.4, 0.5) is 0 Å². The van der Waals surface area contributed by atoms with Crippen LogP contribution in [-0.2, 0) is 4.74 Å². The third kappa shape index (κ3) is 3.91. The number of Topliss-reactive ketones (excluding diaryl/α,β-unsaturated/α-hetero) is 1. The Balaban J connectivity index is 2.46. The van der Waals surface area contributed by atoms with E-state index in [-0.39, 0.29) is 5.78 Å². The largest absolute Gasteiger partial charge is 0.385 e. The Morgan fingerprint density at radius 2 is 2.40 bits per heavy atom. The van der Waals surface area contributed by atoms with Crippen molar-refractivity contribution >= 4 is 28.7 Å². The van der Waals surface area contributed by atoms with Crippen molar-refractivity contribution in [2.24, 2.45) is 5.73 Å². The molecule has 0 spiro atoms. The van der Waals surface area contributed by atoms with Crippen LogP contribution in [0.2, 0.25) is 4.34 Å². The van der Waals surface area contributed by atoms with Crippen molar-refractivity contribution in [2.75, 3.05) is 13.7 Å². The van der Waals surface area contributed by atoms with Crippen LogP contribution < -0.4 is 5.73 Å². The van der Waals surface area contributed by atoms with E-state index in [9.17, 15) is 4.79 Å². The summed E-state index contributed by atoms with van der Waals surface area (Å²) in [4.78, 5) is 12.4. The highest BCUT2D eigenvalue weighted by Crippen LogP contribution is 2.22. The number of carbonyl (C=O) groups excluding carboxylic acids is 1. The van der Waals surface area contributed by atoms with E-state index in [4.69, 9.17) is 22.1 Å². The molecule has 0 aliphatic rings. The average Bonchev–Trinajstić information content (AvgIpc) is 2.64. The molecule has 0 radical (unpaired) electrons. The summed E-state index contributed by atoms with van der Waals surface area (Å²) in [6, 6.07) is 2.97. The molecule has 1 heterocycles. The second kappa shape index (κ2) is 6.23. The predicted molar refractivity (Wildman–Crippen MR) is 62.7 cm³/mol. The Labute approximate surface area is 98.2 Å². The quantitative estimate of drug-likeness (QED) is 0.620. The topological polar surface area (TPSA) is 52.3 Å². The molecule has 0 bridgehead atoms. The molecule has 84 valence electrons. The molecule has 2 N–H and O–H groups in total. The minimum atomic E-state index is -0.449. The van der Waals surface area contributed by atoms with Gasteiger partial charge in [-0.15, -0.1) is 11.3 Å². The molecule has 1 aromatic heterocycles. The predicted octanol–water partition coefficient (Wildman–Crippen LogP) is 2.34. The fourth-order valence-electron chi connectivity index (χ4n) is 1.21. The molecular formula is C10H14ClNO2S. The normalized spacial score (nSPS) is 12.7. The van der Waals surface area contributed by atoms with Crippen LogP contribution in [0.5, 0.6) is 0 Å². The summed E-state index contributed by atoms with van der Waals surface area (Å²) in [5.74, 6) is -0.0389. The van der Waals surface area contributed by atoms with Crippen molar-refractivity contribution in [3.05, 3.63) is 21.3 Å². The van der Waals surface area contributed by atoms with Gasteiger partial charge in [0, 0.05) is 13.7 Å². The Morgan fingerprint density at radius 1 is 1.67 bits per heavy atom. The molecule has 0 aliphatic heterocycles. The summed E-state index contributed by atoms with van der Waals surface area (Å²) in [5, 5.41) is 0. The van der Waals surface area contributed by atoms with Crippen LogP contribution in [0.15, 0.2) is 12.1 Å². The lowest BCUT2D eigenvalue weighted by Gasteiger charge is -2.08. The molecule has 0 saturated carbocycles. The van der Waals surface area contributed by atoms with Gasteiger partial charge in [-0.3, -0.25) is 4.79 Å². The Bertz CT molecular complexity index is 327. The molecular weight excluding hydrogens is 234 g/mol. The van der Waals surface area contributed by atoms with Crippen molar-refractivity contribution in [1.29, 1.82) is 0 Å². The van der Waals surface area contributed by atoms with Crippen LogP contribution in [0.3, 0.4) is 0 Å². The van der Waals surface area contributed by atoms with Crippen LogP contribution in [-0.4, -0.2) is 25.5 Å². The van der Waals surface area contributed by atoms with Crippen molar-refractivity contribution < 1.29 is 9.53 Å². The highest BCUT2D eigenvalue weighted by molar-refractivity contribution is 7.18. The first-order valence-corrected chi connectivity index (χ1v) is 5.88. The van der Waals surface area contributed by atoms with Crippen LogP contribution >= 0.6 is 22.9 Å². The summed E-state index contributed by atoms with van der Waals surface area (Å²) in [5.41, 5.74) is 5.76. The molecule has 0 aliphatic carbocycles. The van der Waals surface area contributed by atoms with E-state index in [1.807, 2.05) is 0 Å². The van der Waals surface area contributed by atoms with E-state index in [0.717, 1.165) is 6.42 Å². The SMILES string of the molecule is COCCCC(N)C(=O)c1ccc(Cl)s1. The number of thiophene rings is 1. The van der Waals surface area contributed by atoms with Crippen molar-refractivity contribution in [3.8, 4) is 0 Å². The molecule has 1 atom stereocenters. The fraction of sp³-hybridized carbons (Fsp3) is 0.500. The first kappa shape index (κ1) is 12.6. The molecule has 15 heavy (non-hydrogen) atoms. The van der Waals surface area contributed by atoms with Gasteiger partial charge in [-0.2, -0.15) is 0 Å². The smallest absolute Gasteiger partial charge is 0.189 e. The van der Waals surface area contributed by atoms with Gasteiger partial charge in [0.05, 0.1) is 15.3 Å². The minimum Gasteiger partial charge on any atom is -0.385 e. The molecule has 1 rings (SSSR count). The van der Waals surface area contributed by atoms with Gasteiger partial charge in [-0.25, -0.2) is 0 Å². The highest BCUT2D eigenvalue weighted by atomic mass is 35.5. The molecule has 0 amide bonds. The highest BCUT2D eigenvalue weighted by Gasteiger charge is 2.16. The maximum absolute atomic E-state index is 11.7. The third-order valence-corrected chi connectivity index (χ3v) is 3.26. The molecule has 1 unspecified atom stereocenters. The van der Waals surface area contributed by atoms with Crippen molar-refractivity contribution in [3.63, 3.8) is 0 Å². The number of ketones is 1. The number of halogens is 1. The molecule has 3 nitrogen and oxygen atoms in total. The number of hydrogen-bond acceptors (Lipinski definition) is 4. The maximum Gasteiger partial charge on any atom is 0.189 e. The van der Waals surface area contributed by atoms with Crippen LogP contribution in [0.1, 0.15) is 22.5 Å². The van der Waals surface area contributed by atoms with E-state index in [2.05, 4.69) is 0 Å². The zero-order valence-electron chi connectivity index (χ0n) is 8.53. The lowest BCUT2D eigenvalue weighted by molar-refractivity contribution is 0.0954. The number of carbonyl (C=O) groups is 1. The lowest BCUT2D eigenvalue weighted by Crippen LogP contribution is -2.30. The second-order valence-corrected chi connectivity index (χ2v) is 4.92. The summed E-state index contributed by atoms with van der Waals surface area (Å²) < 4.78 is 5.51. The van der Waals surface area contributed by atoms with Gasteiger partial charge < -0.3 is 10.5 Å². The number of nitrogens with two attached hydrogens (primary N) is 1. The Kier molecular flexibility index (Phi) is 5.25. The third-order valence-electron chi connectivity index (χ3n) is 2.02. The number of hydrogen-bond donors (Lipinski definition) is 1. The van der Waals surface area contributed by atoms with E-state index >= 15 is 0 Å². The zero-order chi connectivity index (χ0) is 11.3. The van der Waals surface area contributed by atoms with Gasteiger partial charge in [0.2, 0.25) is 0 Å². The first-order valence-electron chi connectivity index (χ1n) is 4.69. The Morgan fingerprint density at radius 3 is 2.93 bits per heavy atom. The lowest BCUT2D eigenvalue weighted by atomic mass is 10.1. The van der Waals surface area contributed by atoms with Crippen molar-refractivity contribution in [1.82, 2.24) is 0 Å². The number of rotatable bonds is 6. The fourth-order valence-corrected chi connectivity index (χ4v) is 2.25. The summed E-state index contributed by atoms with van der Waals surface area (Å²) in [7, 11) is 1.63. The maximum atomic E-state index is 11.7.